The van der Waals surface area contributed by atoms with Crippen LogP contribution < -0.4 is 5.32 Å². The van der Waals surface area contributed by atoms with Gasteiger partial charge in [0.05, 0.1) is 17.1 Å². The van der Waals surface area contributed by atoms with E-state index in [2.05, 4.69) is 5.32 Å². The molecule has 2 rings (SSSR count). The van der Waals surface area contributed by atoms with Crippen LogP contribution >= 0.6 is 0 Å². The maximum Gasteiger partial charge on any atom is 0.419 e. The minimum absolute atomic E-state index is 0.0177. The first-order valence-electron chi connectivity index (χ1n) is 7.57. The third-order valence-electron chi connectivity index (χ3n) is 3.91. The van der Waals surface area contributed by atoms with Gasteiger partial charge in [0.25, 0.3) is 5.91 Å². The van der Waals surface area contributed by atoms with Crippen LogP contribution in [0.4, 0.5) is 17.6 Å². The molecule has 11 heteroatoms. The normalized spacial score (nSPS) is 18.3. The molecule has 0 spiro atoms. The second-order valence-corrected chi connectivity index (χ2v) is 8.17. The Hall–Kier alpha value is -2.17. The van der Waals surface area contributed by atoms with Gasteiger partial charge in [0, 0.05) is 18.7 Å². The number of nitrogens with one attached hydrogen (secondary N) is 1. The number of hydrogen-bond acceptors (Lipinski definition) is 4. The molecule has 1 heterocycles. The van der Waals surface area contributed by atoms with Gasteiger partial charge in [0.2, 0.25) is 5.91 Å². The van der Waals surface area contributed by atoms with Gasteiger partial charge >= 0.3 is 6.18 Å². The molecule has 0 radical (unpaired) electrons. The van der Waals surface area contributed by atoms with Gasteiger partial charge in [0.15, 0.2) is 9.84 Å². The average Bonchev–Trinajstić information content (AvgIpc) is 2.53. The zero-order chi connectivity index (χ0) is 19.7. The second-order valence-electron chi connectivity index (χ2n) is 5.86. The van der Waals surface area contributed by atoms with E-state index in [9.17, 15) is 35.6 Å². The molecule has 1 aromatic rings. The molecule has 0 bridgehead atoms. The van der Waals surface area contributed by atoms with E-state index in [1.54, 1.807) is 0 Å². The molecule has 0 saturated carbocycles. The van der Waals surface area contributed by atoms with Gasteiger partial charge in [-0.3, -0.25) is 9.59 Å². The van der Waals surface area contributed by atoms with Crippen molar-refractivity contribution < 1.29 is 35.6 Å². The molecule has 1 aliphatic rings. The maximum atomic E-state index is 13.3. The van der Waals surface area contributed by atoms with Crippen LogP contribution in [-0.2, 0) is 20.8 Å². The summed E-state index contributed by atoms with van der Waals surface area (Å²) >= 11 is 0. The molecular formula is C15H16F4N2O4S. The summed E-state index contributed by atoms with van der Waals surface area (Å²) in [5.74, 6) is -3.40. The van der Waals surface area contributed by atoms with Crippen LogP contribution in [-0.4, -0.2) is 55.8 Å². The van der Waals surface area contributed by atoms with E-state index in [-0.39, 0.29) is 24.6 Å². The lowest BCUT2D eigenvalue weighted by Gasteiger charge is -2.29. The molecule has 1 atom stereocenters. The number of carbonyl (C=O) groups excluding carboxylic acids is 2. The largest absolute Gasteiger partial charge is 0.419 e. The lowest BCUT2D eigenvalue weighted by atomic mass is 10.1. The summed E-state index contributed by atoms with van der Waals surface area (Å²) in [6.45, 7) is 1.30. The van der Waals surface area contributed by atoms with E-state index in [0.717, 1.165) is 6.07 Å². The van der Waals surface area contributed by atoms with Gasteiger partial charge in [-0.2, -0.15) is 13.2 Å². The van der Waals surface area contributed by atoms with Gasteiger partial charge in [-0.25, -0.2) is 12.8 Å². The highest BCUT2D eigenvalue weighted by atomic mass is 32.2. The van der Waals surface area contributed by atoms with Gasteiger partial charge in [-0.1, -0.05) is 0 Å². The van der Waals surface area contributed by atoms with Crippen LogP contribution in [0.3, 0.4) is 0 Å². The fraction of sp³-hybridized carbons (Fsp3) is 0.467. The van der Waals surface area contributed by atoms with Crippen molar-refractivity contribution in [3.8, 4) is 0 Å². The Kier molecular flexibility index (Phi) is 5.59. The van der Waals surface area contributed by atoms with E-state index in [4.69, 9.17) is 0 Å². The molecule has 6 nitrogen and oxygen atoms in total. The summed E-state index contributed by atoms with van der Waals surface area (Å²) in [6, 6.07) is 0.697. The summed E-state index contributed by atoms with van der Waals surface area (Å²) in [7, 11) is -3.19. The lowest BCUT2D eigenvalue weighted by Crippen LogP contribution is -2.51. The minimum atomic E-state index is -4.96. The summed E-state index contributed by atoms with van der Waals surface area (Å²) in [6.07, 6.45) is -4.96. The maximum absolute atomic E-state index is 13.3. The predicted octanol–water partition coefficient (Wildman–Crippen LogP) is 1.22. The Bertz CT molecular complexity index is 809. The van der Waals surface area contributed by atoms with E-state index in [1.807, 2.05) is 0 Å². The lowest BCUT2D eigenvalue weighted by molar-refractivity contribution is -0.140. The number of rotatable bonds is 3. The fourth-order valence-corrected chi connectivity index (χ4v) is 3.63. The molecular weight excluding hydrogens is 380 g/mol. The number of alkyl halides is 3. The number of hydrogen-bond donors (Lipinski definition) is 1. The van der Waals surface area contributed by atoms with Crippen LogP contribution in [0.2, 0.25) is 0 Å². The van der Waals surface area contributed by atoms with Gasteiger partial charge < -0.3 is 10.2 Å². The third-order valence-corrected chi connectivity index (χ3v) is 5.52. The monoisotopic (exact) mass is 396 g/mol. The van der Waals surface area contributed by atoms with Crippen LogP contribution in [0.5, 0.6) is 0 Å². The van der Waals surface area contributed by atoms with Crippen LogP contribution in [0.15, 0.2) is 18.2 Å². The van der Waals surface area contributed by atoms with Crippen molar-refractivity contribution in [2.75, 3.05) is 24.6 Å². The van der Waals surface area contributed by atoms with Crippen LogP contribution in [0.25, 0.3) is 0 Å². The molecule has 1 aromatic carbocycles. The Morgan fingerprint density at radius 1 is 1.19 bits per heavy atom. The van der Waals surface area contributed by atoms with Crippen LogP contribution in [0, 0.1) is 5.82 Å². The van der Waals surface area contributed by atoms with Crippen molar-refractivity contribution >= 4 is 21.7 Å². The van der Waals surface area contributed by atoms with E-state index in [0.29, 0.717) is 12.1 Å². The number of carbonyl (C=O) groups is 2. The fourth-order valence-electron chi connectivity index (χ4n) is 2.43. The number of nitrogens with zero attached hydrogens (tertiary/aromatic N) is 1. The standard InChI is InChI=1S/C15H16F4N2O4S/c1-9(14(23)21-4-6-26(24,25)7-5-21)20-13(22)10-2-3-12(16)11(8-10)15(17,18)19/h2-3,8-9H,4-7H2,1H3,(H,20,22). The zero-order valence-corrected chi connectivity index (χ0v) is 14.5. The first-order chi connectivity index (χ1) is 11.9. The molecule has 0 aliphatic carbocycles. The third kappa shape index (κ3) is 4.71. The second kappa shape index (κ2) is 7.22. The smallest absolute Gasteiger partial charge is 0.341 e. The van der Waals surface area contributed by atoms with Crippen LogP contribution in [0.1, 0.15) is 22.8 Å². The minimum Gasteiger partial charge on any atom is -0.341 e. The Morgan fingerprint density at radius 2 is 1.77 bits per heavy atom. The van der Waals surface area contributed by atoms with Crippen molar-refractivity contribution in [1.82, 2.24) is 10.2 Å². The Labute approximate surface area is 147 Å². The van der Waals surface area contributed by atoms with Gasteiger partial charge in [-0.05, 0) is 25.1 Å². The molecule has 26 heavy (non-hydrogen) atoms. The molecule has 1 fully saturated rings. The summed E-state index contributed by atoms with van der Waals surface area (Å²) in [5.41, 5.74) is -2.02. The van der Waals surface area contributed by atoms with Gasteiger partial charge in [-0.15, -0.1) is 0 Å². The first-order valence-corrected chi connectivity index (χ1v) is 9.40. The van der Waals surface area contributed by atoms with Crippen molar-refractivity contribution in [3.63, 3.8) is 0 Å². The van der Waals surface area contributed by atoms with Gasteiger partial charge in [0.1, 0.15) is 11.9 Å². The molecule has 2 amide bonds. The Morgan fingerprint density at radius 3 is 2.31 bits per heavy atom. The first kappa shape index (κ1) is 20.1. The topological polar surface area (TPSA) is 83.6 Å². The van der Waals surface area contributed by atoms with E-state index in [1.165, 1.54) is 11.8 Å². The molecule has 0 aromatic heterocycles. The molecule has 1 saturated heterocycles. The highest BCUT2D eigenvalue weighted by Crippen LogP contribution is 2.31. The van der Waals surface area contributed by atoms with Crippen molar-refractivity contribution in [3.05, 3.63) is 35.1 Å². The van der Waals surface area contributed by atoms with E-state index < -0.39 is 50.8 Å². The van der Waals surface area contributed by atoms with Crippen molar-refractivity contribution in [2.45, 2.75) is 19.1 Å². The number of benzene rings is 1. The highest BCUT2D eigenvalue weighted by molar-refractivity contribution is 7.91. The average molecular weight is 396 g/mol. The quantitative estimate of drug-likeness (QED) is 0.779. The number of sulfone groups is 1. The molecule has 1 unspecified atom stereocenters. The predicted molar refractivity (Wildman–Crippen MR) is 83.6 cm³/mol. The van der Waals surface area contributed by atoms with Crippen molar-refractivity contribution in [2.24, 2.45) is 0 Å². The summed E-state index contributed by atoms with van der Waals surface area (Å²) in [4.78, 5) is 25.6. The summed E-state index contributed by atoms with van der Waals surface area (Å²) in [5, 5.41) is 2.24. The molecule has 1 aliphatic heterocycles. The number of amides is 2. The van der Waals surface area contributed by atoms with Crippen molar-refractivity contribution in [1.29, 1.82) is 0 Å². The Balaban J connectivity index is 2.06. The van der Waals surface area contributed by atoms with E-state index >= 15 is 0 Å². The molecule has 144 valence electrons. The number of halogens is 4. The SMILES string of the molecule is CC(NC(=O)c1ccc(F)c(C(F)(F)F)c1)C(=O)N1CCS(=O)(=O)CC1. The highest BCUT2D eigenvalue weighted by Gasteiger charge is 2.35. The zero-order valence-electron chi connectivity index (χ0n) is 13.6. The molecule has 1 N–H and O–H groups in total. The summed E-state index contributed by atoms with van der Waals surface area (Å²) < 4.78 is 74.1.